The van der Waals surface area contributed by atoms with Crippen LogP contribution < -0.4 is 5.32 Å². The first-order chi connectivity index (χ1) is 10.9. The smallest absolute Gasteiger partial charge is 0.241 e. The van der Waals surface area contributed by atoms with Crippen molar-refractivity contribution in [1.29, 1.82) is 0 Å². The maximum Gasteiger partial charge on any atom is 0.241 e. The lowest BCUT2D eigenvalue weighted by Gasteiger charge is -2.23. The van der Waals surface area contributed by atoms with Crippen molar-refractivity contribution in [2.45, 2.75) is 33.4 Å². The lowest BCUT2D eigenvalue weighted by Crippen LogP contribution is -2.39. The Morgan fingerprint density at radius 1 is 1.30 bits per heavy atom. The topological polar surface area (TPSA) is 49.4 Å². The molecule has 1 amide bonds. The van der Waals surface area contributed by atoms with E-state index in [1.165, 1.54) is 17.4 Å². The Morgan fingerprint density at radius 3 is 2.65 bits per heavy atom. The Kier molecular flexibility index (Phi) is 5.69. The number of rotatable bonds is 6. The molecule has 0 radical (unpaired) electrons. The predicted octanol–water partition coefficient (Wildman–Crippen LogP) is 3.72. The number of likely N-dealkylation sites (N-methyl/N-ethyl adjacent to an activating group) is 1. The number of benzene rings is 1. The van der Waals surface area contributed by atoms with Crippen LogP contribution in [0.25, 0.3) is 0 Å². The zero-order valence-electron chi connectivity index (χ0n) is 13.9. The Morgan fingerprint density at radius 2 is 2.04 bits per heavy atom. The second-order valence-electron chi connectivity index (χ2n) is 5.74. The van der Waals surface area contributed by atoms with Crippen LogP contribution >= 0.6 is 11.3 Å². The van der Waals surface area contributed by atoms with Gasteiger partial charge in [0.05, 0.1) is 6.04 Å². The first kappa shape index (κ1) is 17.4. The van der Waals surface area contributed by atoms with Crippen LogP contribution in [0.1, 0.15) is 34.6 Å². The lowest BCUT2D eigenvalue weighted by molar-refractivity contribution is -0.120. The van der Waals surface area contributed by atoms with Crippen LogP contribution in [0.2, 0.25) is 0 Å². The maximum absolute atomic E-state index is 12.4. The van der Waals surface area contributed by atoms with Gasteiger partial charge in [-0.05, 0) is 57.0 Å². The summed E-state index contributed by atoms with van der Waals surface area (Å²) in [6.07, 6.45) is 0. The van der Waals surface area contributed by atoms with Gasteiger partial charge in [-0.15, -0.1) is 11.3 Å². The number of hydrogen-bond acceptors (Lipinski definition) is 4. The molecule has 0 bridgehead atoms. The fourth-order valence-electron chi connectivity index (χ4n) is 2.19. The number of carbonyl (C=O) groups excluding carboxylic acids is 2. The van der Waals surface area contributed by atoms with Crippen LogP contribution in [0.5, 0.6) is 0 Å². The molecule has 0 fully saturated rings. The highest BCUT2D eigenvalue weighted by molar-refractivity contribution is 7.10. The van der Waals surface area contributed by atoms with Crippen molar-refractivity contribution in [3.63, 3.8) is 0 Å². The summed E-state index contributed by atoms with van der Waals surface area (Å²) in [6, 6.07) is 8.84. The van der Waals surface area contributed by atoms with Crippen LogP contribution in [-0.4, -0.2) is 29.7 Å². The van der Waals surface area contributed by atoms with Gasteiger partial charge in [0.2, 0.25) is 5.91 Å². The van der Waals surface area contributed by atoms with Gasteiger partial charge in [0.15, 0.2) is 5.78 Å². The van der Waals surface area contributed by atoms with Crippen molar-refractivity contribution in [1.82, 2.24) is 4.90 Å². The molecule has 1 aromatic carbocycles. The number of ketones is 1. The van der Waals surface area contributed by atoms with E-state index in [0.717, 1.165) is 6.54 Å². The highest BCUT2D eigenvalue weighted by Crippen LogP contribution is 2.19. The normalized spacial score (nSPS) is 12.2. The minimum Gasteiger partial charge on any atom is -0.325 e. The summed E-state index contributed by atoms with van der Waals surface area (Å²) >= 11 is 1.71. The molecular formula is C18H22N2O2S. The van der Waals surface area contributed by atoms with Crippen LogP contribution in [0.15, 0.2) is 35.7 Å². The molecule has 0 saturated carbocycles. The highest BCUT2D eigenvalue weighted by Gasteiger charge is 2.19. The monoisotopic (exact) mass is 330 g/mol. The standard InChI is InChI=1S/C18H22N2O2S/c1-12-8-9-23-17(12)11-20(4)13(2)18(22)19-16-7-5-6-15(10-16)14(3)21/h5-10,13H,11H2,1-4H3,(H,19,22)/t13-/m1/s1. The van der Waals surface area contributed by atoms with Gasteiger partial charge in [-0.25, -0.2) is 0 Å². The van der Waals surface area contributed by atoms with Crippen LogP contribution in [0.4, 0.5) is 5.69 Å². The van der Waals surface area contributed by atoms with Crippen molar-refractivity contribution in [2.24, 2.45) is 0 Å². The zero-order chi connectivity index (χ0) is 17.0. The molecule has 0 aliphatic heterocycles. The highest BCUT2D eigenvalue weighted by atomic mass is 32.1. The van der Waals surface area contributed by atoms with Crippen LogP contribution in [0, 0.1) is 6.92 Å². The van der Waals surface area contributed by atoms with Gasteiger partial charge in [0, 0.05) is 22.7 Å². The molecule has 1 atom stereocenters. The summed E-state index contributed by atoms with van der Waals surface area (Å²) in [6.45, 7) is 6.22. The molecule has 122 valence electrons. The number of hydrogen-bond donors (Lipinski definition) is 1. The minimum atomic E-state index is -0.266. The summed E-state index contributed by atoms with van der Waals surface area (Å²) in [4.78, 5) is 27.1. The third-order valence-corrected chi connectivity index (χ3v) is 4.95. The summed E-state index contributed by atoms with van der Waals surface area (Å²) in [7, 11) is 1.94. The van der Waals surface area contributed by atoms with Crippen LogP contribution in [-0.2, 0) is 11.3 Å². The SMILES string of the molecule is CC(=O)c1cccc(NC(=O)[C@@H](C)N(C)Cc2sccc2C)c1. The Balaban J connectivity index is 2.00. The second-order valence-corrected chi connectivity index (χ2v) is 6.74. The second kappa shape index (κ2) is 7.53. The third kappa shape index (κ3) is 4.50. The van der Waals surface area contributed by atoms with E-state index in [-0.39, 0.29) is 17.7 Å². The van der Waals surface area contributed by atoms with Gasteiger partial charge in [-0.1, -0.05) is 12.1 Å². The van der Waals surface area contributed by atoms with Gasteiger partial charge in [0.1, 0.15) is 0 Å². The molecule has 1 heterocycles. The lowest BCUT2D eigenvalue weighted by atomic mass is 10.1. The third-order valence-electron chi connectivity index (χ3n) is 3.94. The van der Waals surface area contributed by atoms with E-state index in [2.05, 4.69) is 23.7 Å². The van der Waals surface area contributed by atoms with Crippen molar-refractivity contribution >= 4 is 28.7 Å². The molecule has 0 unspecified atom stereocenters. The Labute approximate surface area is 141 Å². The largest absolute Gasteiger partial charge is 0.325 e. The molecule has 4 nitrogen and oxygen atoms in total. The molecule has 2 aromatic rings. The van der Waals surface area contributed by atoms with Crippen molar-refractivity contribution < 1.29 is 9.59 Å². The van der Waals surface area contributed by atoms with Crippen molar-refractivity contribution in [2.75, 3.05) is 12.4 Å². The summed E-state index contributed by atoms with van der Waals surface area (Å²) in [5, 5.41) is 4.95. The summed E-state index contributed by atoms with van der Waals surface area (Å²) in [5.74, 6) is -0.0955. The molecule has 0 spiro atoms. The molecule has 1 aromatic heterocycles. The first-order valence-electron chi connectivity index (χ1n) is 7.53. The molecular weight excluding hydrogens is 308 g/mol. The van der Waals surface area contributed by atoms with E-state index < -0.39 is 0 Å². The fourth-order valence-corrected chi connectivity index (χ4v) is 3.16. The van der Waals surface area contributed by atoms with E-state index in [1.807, 2.05) is 18.9 Å². The van der Waals surface area contributed by atoms with E-state index >= 15 is 0 Å². The molecule has 0 saturated heterocycles. The van der Waals surface area contributed by atoms with Crippen molar-refractivity contribution in [3.05, 3.63) is 51.7 Å². The van der Waals surface area contributed by atoms with E-state index in [0.29, 0.717) is 11.3 Å². The minimum absolute atomic E-state index is 0.0144. The fraction of sp³-hybridized carbons (Fsp3) is 0.333. The predicted molar refractivity (Wildman–Crippen MR) is 95.1 cm³/mol. The number of Topliss-reactive ketones (excluding diaryl/α,β-unsaturated/α-hetero) is 1. The average Bonchev–Trinajstić information content (AvgIpc) is 2.91. The first-order valence-corrected chi connectivity index (χ1v) is 8.41. The number of amides is 1. The molecule has 5 heteroatoms. The number of anilines is 1. The van der Waals surface area contributed by atoms with Gasteiger partial charge >= 0.3 is 0 Å². The zero-order valence-corrected chi connectivity index (χ0v) is 14.7. The molecule has 2 rings (SSSR count). The summed E-state index contributed by atoms with van der Waals surface area (Å²) < 4.78 is 0. The quantitative estimate of drug-likeness (QED) is 0.821. The van der Waals surface area contributed by atoms with Gasteiger partial charge in [0.25, 0.3) is 0 Å². The molecule has 0 aliphatic rings. The van der Waals surface area contributed by atoms with E-state index in [9.17, 15) is 9.59 Å². The number of aryl methyl sites for hydroxylation is 1. The van der Waals surface area contributed by atoms with Gasteiger partial charge < -0.3 is 5.32 Å². The number of carbonyl (C=O) groups is 2. The van der Waals surface area contributed by atoms with Crippen LogP contribution in [0.3, 0.4) is 0 Å². The average molecular weight is 330 g/mol. The number of thiophene rings is 1. The summed E-state index contributed by atoms with van der Waals surface area (Å²) in [5.41, 5.74) is 2.50. The molecule has 0 aliphatic carbocycles. The van der Waals surface area contributed by atoms with Gasteiger partial charge in [-0.3, -0.25) is 14.5 Å². The van der Waals surface area contributed by atoms with E-state index in [4.69, 9.17) is 0 Å². The molecule has 23 heavy (non-hydrogen) atoms. The number of nitrogens with zero attached hydrogens (tertiary/aromatic N) is 1. The van der Waals surface area contributed by atoms with Gasteiger partial charge in [-0.2, -0.15) is 0 Å². The Hall–Kier alpha value is -1.98. The van der Waals surface area contributed by atoms with E-state index in [1.54, 1.807) is 35.6 Å². The maximum atomic E-state index is 12.4. The molecule has 1 N–H and O–H groups in total. The Bertz CT molecular complexity index is 709. The van der Waals surface area contributed by atoms with Crippen molar-refractivity contribution in [3.8, 4) is 0 Å². The number of nitrogens with one attached hydrogen (secondary N) is 1.